The van der Waals surface area contributed by atoms with Crippen molar-refractivity contribution in [1.82, 2.24) is 4.98 Å². The Morgan fingerprint density at radius 3 is 2.73 bits per heavy atom. The number of carbonyl (C=O) groups is 1. The molecule has 1 heterocycles. The van der Waals surface area contributed by atoms with Crippen LogP contribution in [0.15, 0.2) is 29.8 Å². The van der Waals surface area contributed by atoms with Crippen LogP contribution in [0.25, 0.3) is 6.08 Å². The van der Waals surface area contributed by atoms with Crippen LogP contribution in [0.3, 0.4) is 0 Å². The van der Waals surface area contributed by atoms with Crippen molar-refractivity contribution in [3.05, 3.63) is 45.9 Å². The molecule has 1 aromatic carbocycles. The first-order chi connectivity index (χ1) is 10.5. The first-order valence-electron chi connectivity index (χ1n) is 6.99. The van der Waals surface area contributed by atoms with Gasteiger partial charge in [0.1, 0.15) is 0 Å². The summed E-state index contributed by atoms with van der Waals surface area (Å²) in [7, 11) is 1.60. The second kappa shape index (κ2) is 7.22. The van der Waals surface area contributed by atoms with Gasteiger partial charge in [0, 0.05) is 5.56 Å². The summed E-state index contributed by atoms with van der Waals surface area (Å²) < 4.78 is 11.2. The Morgan fingerprint density at radius 1 is 1.36 bits per heavy atom. The molecular weight excluding hydrogens is 298 g/mol. The summed E-state index contributed by atoms with van der Waals surface area (Å²) in [5.41, 5.74) is 3.24. The van der Waals surface area contributed by atoms with Crippen LogP contribution in [-0.4, -0.2) is 24.0 Å². The van der Waals surface area contributed by atoms with Gasteiger partial charge < -0.3 is 9.47 Å². The number of aromatic nitrogens is 1. The standard InChI is InChI=1S/C17H19NO3S/c1-11(2)21-16-13(6-5-7-15(16)20-4)8-9-14(19)17-12(3)18-10-22-17/h5-11H,1-4H3/b9-8+. The number of ketones is 1. The molecule has 0 N–H and O–H groups in total. The van der Waals surface area contributed by atoms with Gasteiger partial charge in [0.25, 0.3) is 0 Å². The summed E-state index contributed by atoms with van der Waals surface area (Å²) >= 11 is 1.35. The van der Waals surface area contributed by atoms with Gasteiger partial charge in [-0.2, -0.15) is 0 Å². The topological polar surface area (TPSA) is 48.4 Å². The van der Waals surface area contributed by atoms with Gasteiger partial charge in [0.2, 0.25) is 0 Å². The van der Waals surface area contributed by atoms with E-state index in [1.54, 1.807) is 24.8 Å². The van der Waals surface area contributed by atoms with Gasteiger partial charge in [-0.1, -0.05) is 12.1 Å². The Kier molecular flexibility index (Phi) is 5.33. The van der Waals surface area contributed by atoms with Gasteiger partial charge in [-0.3, -0.25) is 4.79 Å². The molecule has 22 heavy (non-hydrogen) atoms. The number of rotatable bonds is 6. The molecule has 0 bridgehead atoms. The van der Waals surface area contributed by atoms with Gasteiger partial charge >= 0.3 is 0 Å². The van der Waals surface area contributed by atoms with Crippen LogP contribution in [-0.2, 0) is 0 Å². The van der Waals surface area contributed by atoms with Crippen molar-refractivity contribution in [2.75, 3.05) is 7.11 Å². The van der Waals surface area contributed by atoms with Gasteiger partial charge in [-0.05, 0) is 39.0 Å². The number of allylic oxidation sites excluding steroid dienone is 1. The highest BCUT2D eigenvalue weighted by Crippen LogP contribution is 2.33. The summed E-state index contributed by atoms with van der Waals surface area (Å²) in [6.07, 6.45) is 3.31. The lowest BCUT2D eigenvalue weighted by Gasteiger charge is -2.15. The maximum Gasteiger partial charge on any atom is 0.197 e. The molecule has 116 valence electrons. The number of hydrogen-bond acceptors (Lipinski definition) is 5. The molecule has 0 aliphatic rings. The van der Waals surface area contributed by atoms with Crippen molar-refractivity contribution < 1.29 is 14.3 Å². The van der Waals surface area contributed by atoms with Gasteiger partial charge in [0.15, 0.2) is 17.3 Å². The van der Waals surface area contributed by atoms with Crippen molar-refractivity contribution in [3.8, 4) is 11.5 Å². The zero-order valence-corrected chi connectivity index (χ0v) is 13.9. The van der Waals surface area contributed by atoms with E-state index < -0.39 is 0 Å². The van der Waals surface area contributed by atoms with Crippen LogP contribution in [0.1, 0.15) is 34.8 Å². The van der Waals surface area contributed by atoms with E-state index >= 15 is 0 Å². The molecule has 0 radical (unpaired) electrons. The van der Waals surface area contributed by atoms with E-state index in [0.717, 1.165) is 11.3 Å². The third-order valence-electron chi connectivity index (χ3n) is 2.97. The Labute approximate surface area is 134 Å². The SMILES string of the molecule is COc1cccc(/C=C/C(=O)c2scnc2C)c1OC(C)C. The lowest BCUT2D eigenvalue weighted by molar-refractivity contribution is 0.105. The highest BCUT2D eigenvalue weighted by molar-refractivity contribution is 7.12. The van der Waals surface area contributed by atoms with Crippen molar-refractivity contribution in [2.24, 2.45) is 0 Å². The second-order valence-electron chi connectivity index (χ2n) is 5.01. The maximum atomic E-state index is 12.2. The number of ether oxygens (including phenoxy) is 2. The first-order valence-corrected chi connectivity index (χ1v) is 7.87. The average Bonchev–Trinajstić information content (AvgIpc) is 2.91. The zero-order valence-electron chi connectivity index (χ0n) is 13.1. The summed E-state index contributed by atoms with van der Waals surface area (Å²) in [4.78, 5) is 17.0. The smallest absolute Gasteiger partial charge is 0.197 e. The fraction of sp³-hybridized carbons (Fsp3) is 0.294. The van der Waals surface area contributed by atoms with Crippen molar-refractivity contribution >= 4 is 23.2 Å². The van der Waals surface area contributed by atoms with E-state index in [4.69, 9.17) is 9.47 Å². The highest BCUT2D eigenvalue weighted by Gasteiger charge is 2.12. The molecule has 2 rings (SSSR count). The molecule has 0 spiro atoms. The van der Waals surface area contributed by atoms with Gasteiger partial charge in [0.05, 0.1) is 29.3 Å². The molecule has 0 atom stereocenters. The van der Waals surface area contributed by atoms with Gasteiger partial charge in [-0.15, -0.1) is 11.3 Å². The van der Waals surface area contributed by atoms with E-state index in [2.05, 4.69) is 4.98 Å². The van der Waals surface area contributed by atoms with Crippen LogP contribution in [0.5, 0.6) is 11.5 Å². The van der Waals surface area contributed by atoms with E-state index in [1.807, 2.05) is 39.0 Å². The molecular formula is C17H19NO3S. The summed E-state index contributed by atoms with van der Waals surface area (Å²) in [6.45, 7) is 5.73. The molecule has 0 amide bonds. The Bertz CT molecular complexity index is 689. The molecule has 1 aromatic heterocycles. The summed E-state index contributed by atoms with van der Waals surface area (Å²) in [6, 6.07) is 5.60. The number of para-hydroxylation sites is 1. The largest absolute Gasteiger partial charge is 0.493 e. The summed E-state index contributed by atoms with van der Waals surface area (Å²) in [5, 5.41) is 0. The fourth-order valence-corrected chi connectivity index (χ4v) is 2.69. The fourth-order valence-electron chi connectivity index (χ4n) is 1.97. The molecule has 4 nitrogen and oxygen atoms in total. The number of hydrogen-bond donors (Lipinski definition) is 0. The first kappa shape index (κ1) is 16.2. The van der Waals surface area contributed by atoms with Crippen LogP contribution in [0, 0.1) is 6.92 Å². The Balaban J connectivity index is 2.30. The van der Waals surface area contributed by atoms with Crippen molar-refractivity contribution in [2.45, 2.75) is 26.9 Å². The van der Waals surface area contributed by atoms with Crippen LogP contribution in [0.4, 0.5) is 0 Å². The van der Waals surface area contributed by atoms with Crippen LogP contribution >= 0.6 is 11.3 Å². The second-order valence-corrected chi connectivity index (χ2v) is 5.86. The molecule has 2 aromatic rings. The average molecular weight is 317 g/mol. The van der Waals surface area contributed by atoms with E-state index in [9.17, 15) is 4.79 Å². The minimum absolute atomic E-state index is 0.0166. The third-order valence-corrected chi connectivity index (χ3v) is 3.91. The molecule has 0 aliphatic heterocycles. The van der Waals surface area contributed by atoms with E-state index in [0.29, 0.717) is 16.4 Å². The monoisotopic (exact) mass is 317 g/mol. The quantitative estimate of drug-likeness (QED) is 0.593. The maximum absolute atomic E-state index is 12.2. The number of methoxy groups -OCH3 is 1. The van der Waals surface area contributed by atoms with Crippen molar-refractivity contribution in [3.63, 3.8) is 0 Å². The van der Waals surface area contributed by atoms with E-state index in [-0.39, 0.29) is 11.9 Å². The molecule has 0 saturated heterocycles. The molecule has 5 heteroatoms. The molecule has 0 aliphatic carbocycles. The number of benzene rings is 1. The van der Waals surface area contributed by atoms with Crippen LogP contribution < -0.4 is 9.47 Å². The van der Waals surface area contributed by atoms with Gasteiger partial charge in [-0.25, -0.2) is 4.98 Å². The lowest BCUT2D eigenvalue weighted by Crippen LogP contribution is -2.08. The number of aryl methyl sites for hydroxylation is 1. The number of nitrogens with zero attached hydrogens (tertiary/aromatic N) is 1. The molecule has 0 fully saturated rings. The minimum Gasteiger partial charge on any atom is -0.493 e. The predicted molar refractivity (Wildman–Crippen MR) is 89.0 cm³/mol. The van der Waals surface area contributed by atoms with Crippen LogP contribution in [0.2, 0.25) is 0 Å². The third kappa shape index (κ3) is 3.74. The summed E-state index contributed by atoms with van der Waals surface area (Å²) in [5.74, 6) is 1.24. The highest BCUT2D eigenvalue weighted by atomic mass is 32.1. The Hall–Kier alpha value is -2.14. The number of carbonyl (C=O) groups excluding carboxylic acids is 1. The minimum atomic E-state index is -0.0571. The Morgan fingerprint density at radius 2 is 2.14 bits per heavy atom. The van der Waals surface area contributed by atoms with Crippen molar-refractivity contribution in [1.29, 1.82) is 0 Å². The normalized spacial score (nSPS) is 11.1. The number of thiazole rings is 1. The predicted octanol–water partition coefficient (Wildman–Crippen LogP) is 4.14. The molecule has 0 unspecified atom stereocenters. The molecule has 0 saturated carbocycles. The van der Waals surface area contributed by atoms with E-state index in [1.165, 1.54) is 11.3 Å². The lowest BCUT2D eigenvalue weighted by atomic mass is 10.1. The zero-order chi connectivity index (χ0) is 16.1.